The molecular formula is C75H140N2O6P+. The average Bonchev–Trinajstić information content (AvgIpc) is 3.56. The third-order valence-corrected chi connectivity index (χ3v) is 17.1. The predicted octanol–water partition coefficient (Wildman–Crippen LogP) is 23.1. The van der Waals surface area contributed by atoms with E-state index in [9.17, 15) is 19.4 Å². The van der Waals surface area contributed by atoms with Gasteiger partial charge in [0.15, 0.2) is 0 Å². The van der Waals surface area contributed by atoms with E-state index >= 15 is 0 Å². The number of quaternary nitrogens is 1. The van der Waals surface area contributed by atoms with Crippen LogP contribution in [0.25, 0.3) is 0 Å². The van der Waals surface area contributed by atoms with Crippen molar-refractivity contribution in [1.29, 1.82) is 0 Å². The fraction of sp³-hybridized carbons (Fsp3) is 0.800. The maximum Gasteiger partial charge on any atom is 0.472 e. The summed E-state index contributed by atoms with van der Waals surface area (Å²) in [5, 5.41) is 14.0. The van der Waals surface area contributed by atoms with E-state index in [0.717, 1.165) is 77.0 Å². The molecule has 0 rings (SSSR count). The Morgan fingerprint density at radius 1 is 0.417 bits per heavy atom. The number of nitrogens with one attached hydrogen (secondary N) is 1. The molecule has 0 heterocycles. The van der Waals surface area contributed by atoms with Gasteiger partial charge in [0.2, 0.25) is 5.91 Å². The molecule has 0 saturated carbocycles. The molecule has 0 aliphatic rings. The molecule has 84 heavy (non-hydrogen) atoms. The quantitative estimate of drug-likeness (QED) is 0.0243. The first kappa shape index (κ1) is 81.7. The summed E-state index contributed by atoms with van der Waals surface area (Å²) < 4.78 is 23.8. The molecule has 0 aliphatic carbocycles. The second-order valence-corrected chi connectivity index (χ2v) is 27.0. The van der Waals surface area contributed by atoms with Crippen molar-refractivity contribution >= 4 is 13.7 Å². The zero-order chi connectivity index (χ0) is 61.2. The zero-order valence-electron chi connectivity index (χ0n) is 56.1. The van der Waals surface area contributed by atoms with Crippen molar-refractivity contribution in [3.8, 4) is 0 Å². The number of phosphoric acid groups is 1. The third-order valence-electron chi connectivity index (χ3n) is 16.1. The maximum atomic E-state index is 13.1. The number of unbranched alkanes of at least 4 members (excludes halogenated alkanes) is 41. The molecule has 0 aromatic rings. The number of hydrogen-bond donors (Lipinski definition) is 3. The molecule has 3 atom stereocenters. The summed E-state index contributed by atoms with van der Waals surface area (Å²) in [5.41, 5.74) is 0. The van der Waals surface area contributed by atoms with Gasteiger partial charge in [-0.15, -0.1) is 0 Å². The zero-order valence-corrected chi connectivity index (χ0v) is 57.0. The first-order chi connectivity index (χ1) is 41.0. The van der Waals surface area contributed by atoms with E-state index in [4.69, 9.17) is 9.05 Å². The van der Waals surface area contributed by atoms with Crippen LogP contribution in [0, 0.1) is 0 Å². The Bertz CT molecular complexity index is 1650. The van der Waals surface area contributed by atoms with Crippen LogP contribution in [0.2, 0.25) is 0 Å². The minimum atomic E-state index is -4.36. The lowest BCUT2D eigenvalue weighted by Gasteiger charge is -2.25. The van der Waals surface area contributed by atoms with Gasteiger partial charge in [0.25, 0.3) is 0 Å². The number of rotatable bonds is 66. The van der Waals surface area contributed by atoms with Crippen LogP contribution >= 0.6 is 7.82 Å². The smallest absolute Gasteiger partial charge is 0.387 e. The van der Waals surface area contributed by atoms with Gasteiger partial charge in [-0.05, 0) is 70.6 Å². The summed E-state index contributed by atoms with van der Waals surface area (Å²) >= 11 is 0. The van der Waals surface area contributed by atoms with Gasteiger partial charge in [-0.2, -0.15) is 0 Å². The Hall–Kier alpha value is -2.32. The molecule has 0 aliphatic heterocycles. The van der Waals surface area contributed by atoms with E-state index in [2.05, 4.69) is 92.1 Å². The monoisotopic (exact) mass is 1200 g/mol. The van der Waals surface area contributed by atoms with Crippen LogP contribution in [0.3, 0.4) is 0 Å². The van der Waals surface area contributed by atoms with Crippen molar-refractivity contribution < 1.29 is 32.9 Å². The highest BCUT2D eigenvalue weighted by molar-refractivity contribution is 7.47. The topological polar surface area (TPSA) is 105 Å². The van der Waals surface area contributed by atoms with Crippen molar-refractivity contribution in [2.75, 3.05) is 40.9 Å². The molecule has 0 fully saturated rings. The van der Waals surface area contributed by atoms with E-state index < -0.39 is 20.0 Å². The van der Waals surface area contributed by atoms with Crippen molar-refractivity contribution in [1.82, 2.24) is 5.32 Å². The number of hydrogen-bond acceptors (Lipinski definition) is 5. The molecule has 0 aromatic carbocycles. The second-order valence-electron chi connectivity index (χ2n) is 25.6. The minimum absolute atomic E-state index is 0.0597. The van der Waals surface area contributed by atoms with Crippen LogP contribution in [0.15, 0.2) is 85.1 Å². The van der Waals surface area contributed by atoms with E-state index in [-0.39, 0.29) is 19.1 Å². The highest BCUT2D eigenvalue weighted by Gasteiger charge is 2.28. The molecule has 3 unspecified atom stereocenters. The lowest BCUT2D eigenvalue weighted by molar-refractivity contribution is -0.870. The number of likely N-dealkylation sites (N-methyl/N-ethyl adjacent to an activating group) is 1. The van der Waals surface area contributed by atoms with Crippen LogP contribution in [0.5, 0.6) is 0 Å². The lowest BCUT2D eigenvalue weighted by Crippen LogP contribution is -2.45. The summed E-state index contributed by atoms with van der Waals surface area (Å²) in [4.78, 5) is 23.4. The highest BCUT2D eigenvalue weighted by atomic mass is 31.2. The molecular weight excluding hydrogens is 1060 g/mol. The second kappa shape index (κ2) is 65.1. The van der Waals surface area contributed by atoms with Crippen LogP contribution in [0.4, 0.5) is 0 Å². The van der Waals surface area contributed by atoms with Gasteiger partial charge in [0, 0.05) is 6.42 Å². The number of amides is 1. The van der Waals surface area contributed by atoms with Crippen LogP contribution in [0.1, 0.15) is 335 Å². The van der Waals surface area contributed by atoms with Crippen molar-refractivity contribution in [2.24, 2.45) is 0 Å². The number of aliphatic hydroxyl groups is 1. The third kappa shape index (κ3) is 67.2. The van der Waals surface area contributed by atoms with Gasteiger partial charge >= 0.3 is 7.82 Å². The van der Waals surface area contributed by atoms with E-state index in [1.165, 1.54) is 238 Å². The summed E-state index contributed by atoms with van der Waals surface area (Å²) in [6, 6.07) is -0.853. The largest absolute Gasteiger partial charge is 0.472 e. The van der Waals surface area contributed by atoms with E-state index in [1.54, 1.807) is 6.08 Å². The summed E-state index contributed by atoms with van der Waals surface area (Å²) in [5.74, 6) is -0.176. The SMILES string of the molecule is CC/C=C\C/C=C\C/C=C\C/C=C\C/C=C\C/C=C\CCCCCCCCCCCCCCCCC(=O)NC(COP(=O)(O)OCC[N+](C)(C)C)C(O)/C=C/CCCCCCCCCCCCCCCCCCCCCCCCCCCCC. The molecule has 0 saturated heterocycles. The molecule has 0 radical (unpaired) electrons. The van der Waals surface area contributed by atoms with E-state index in [1.807, 2.05) is 27.2 Å². The van der Waals surface area contributed by atoms with Crippen molar-refractivity contribution in [2.45, 2.75) is 347 Å². The normalized spacial score (nSPS) is 14.1. The van der Waals surface area contributed by atoms with Gasteiger partial charge in [0.1, 0.15) is 13.2 Å². The maximum absolute atomic E-state index is 13.1. The van der Waals surface area contributed by atoms with Crippen LogP contribution in [-0.2, 0) is 18.4 Å². The minimum Gasteiger partial charge on any atom is -0.387 e. The number of allylic oxidation sites excluding steroid dienone is 13. The van der Waals surface area contributed by atoms with Gasteiger partial charge in [-0.3, -0.25) is 13.8 Å². The molecule has 9 heteroatoms. The highest BCUT2D eigenvalue weighted by Crippen LogP contribution is 2.43. The fourth-order valence-electron chi connectivity index (χ4n) is 10.6. The van der Waals surface area contributed by atoms with Crippen LogP contribution in [-0.4, -0.2) is 73.4 Å². The van der Waals surface area contributed by atoms with E-state index in [0.29, 0.717) is 17.4 Å². The first-order valence-corrected chi connectivity index (χ1v) is 37.5. The first-order valence-electron chi connectivity index (χ1n) is 36.0. The molecule has 8 nitrogen and oxygen atoms in total. The fourth-order valence-corrected chi connectivity index (χ4v) is 11.3. The summed E-state index contributed by atoms with van der Waals surface area (Å²) in [6.07, 6.45) is 93.0. The van der Waals surface area contributed by atoms with Gasteiger partial charge in [0.05, 0.1) is 39.9 Å². The molecule has 0 spiro atoms. The molecule has 0 aromatic heterocycles. The number of nitrogens with zero attached hydrogens (tertiary/aromatic N) is 1. The van der Waals surface area contributed by atoms with Gasteiger partial charge in [-0.1, -0.05) is 343 Å². The Balaban J connectivity index is 4.07. The summed E-state index contributed by atoms with van der Waals surface area (Å²) in [6.45, 7) is 4.74. The Labute approximate surface area is 522 Å². The molecule has 490 valence electrons. The molecule has 0 bridgehead atoms. The number of phosphoric ester groups is 1. The number of carbonyl (C=O) groups is 1. The standard InChI is InChI=1S/C75H139N2O6P/c1-6-8-10-12-14-16-18-20-22-24-26-28-30-32-34-36-37-38-39-41-43-45-47-49-51-53-55-57-59-61-63-65-67-69-75(79)76-73(72-83-84(80,81)82-71-70-77(3,4)5)74(78)68-66-64-62-60-58-56-54-52-50-48-46-44-42-40-35-33-31-29-27-25-23-21-19-17-15-13-11-9-7-2/h8,10,14,16,20,22,26,28,32,34,37-38,66,68,73-74,78H,6-7,9,11-13,15,17-19,21,23-25,27,29-31,33,35-36,39-65,67,69-72H2,1-5H3,(H-,76,79,80,81)/p+1/b10-8-,16-14-,22-20-,28-26-,34-32-,38-37-,68-66+. The summed E-state index contributed by atoms with van der Waals surface area (Å²) in [7, 11) is 1.58. The molecule has 3 N–H and O–H groups in total. The van der Waals surface area contributed by atoms with Gasteiger partial charge < -0.3 is 19.8 Å². The Morgan fingerprint density at radius 3 is 1.05 bits per heavy atom. The lowest BCUT2D eigenvalue weighted by atomic mass is 10.0. The molecule has 1 amide bonds. The number of carbonyl (C=O) groups excluding carboxylic acids is 1. The van der Waals surface area contributed by atoms with Crippen molar-refractivity contribution in [3.05, 3.63) is 85.1 Å². The van der Waals surface area contributed by atoms with Crippen molar-refractivity contribution in [3.63, 3.8) is 0 Å². The Morgan fingerprint density at radius 2 is 0.714 bits per heavy atom. The Kier molecular flexibility index (Phi) is 63.3. The predicted molar refractivity (Wildman–Crippen MR) is 369 cm³/mol. The van der Waals surface area contributed by atoms with Gasteiger partial charge in [-0.25, -0.2) is 4.57 Å². The number of aliphatic hydroxyl groups excluding tert-OH is 1. The van der Waals surface area contributed by atoms with Crippen LogP contribution < -0.4 is 5.32 Å². The average molecular weight is 1200 g/mol.